The lowest BCUT2D eigenvalue weighted by molar-refractivity contribution is -0.116. The number of hydrogen-bond donors (Lipinski definition) is 2. The first-order valence-electron chi connectivity index (χ1n) is 10.1. The topological polar surface area (TPSA) is 122 Å². The maximum Gasteiger partial charge on any atom is 0.332 e. The van der Waals surface area contributed by atoms with Crippen molar-refractivity contribution >= 4 is 28.6 Å². The molecule has 0 atom stereocenters. The number of nitrogens with two attached hydrogens (primary N) is 1. The second kappa shape index (κ2) is 7.88. The lowest BCUT2D eigenvalue weighted by Gasteiger charge is -2.14. The summed E-state index contributed by atoms with van der Waals surface area (Å²) in [7, 11) is 2.93. The van der Waals surface area contributed by atoms with Gasteiger partial charge >= 0.3 is 5.69 Å². The van der Waals surface area contributed by atoms with Crippen molar-refractivity contribution in [1.29, 1.82) is 0 Å². The Morgan fingerprint density at radius 2 is 1.78 bits per heavy atom. The van der Waals surface area contributed by atoms with Crippen molar-refractivity contribution < 1.29 is 4.79 Å². The van der Waals surface area contributed by atoms with Gasteiger partial charge in [0, 0.05) is 26.3 Å². The second-order valence-corrected chi connectivity index (χ2v) is 7.84. The predicted molar refractivity (Wildman–Crippen MR) is 123 cm³/mol. The van der Waals surface area contributed by atoms with E-state index in [4.69, 9.17) is 5.73 Å². The first kappa shape index (κ1) is 21.2. The molecule has 3 aromatic heterocycles. The summed E-state index contributed by atoms with van der Waals surface area (Å²) in [5, 5.41) is 2.90. The minimum Gasteiger partial charge on any atom is -0.396 e. The summed E-state index contributed by atoms with van der Waals surface area (Å²) >= 11 is 0. The second-order valence-electron chi connectivity index (χ2n) is 7.84. The highest BCUT2D eigenvalue weighted by Crippen LogP contribution is 2.30. The molecule has 0 aliphatic carbocycles. The number of nitrogen functional groups attached to an aromatic ring is 1. The lowest BCUT2D eigenvalue weighted by Crippen LogP contribution is -2.37. The number of hydrogen-bond acceptors (Lipinski definition) is 5. The fourth-order valence-electron chi connectivity index (χ4n) is 3.83. The van der Waals surface area contributed by atoms with Crippen LogP contribution in [0, 0.1) is 13.8 Å². The van der Waals surface area contributed by atoms with E-state index in [0.717, 1.165) is 21.4 Å². The zero-order chi connectivity index (χ0) is 23.2. The number of nitrogens with zero attached hydrogens (tertiary/aromatic N) is 5. The number of amides is 1. The summed E-state index contributed by atoms with van der Waals surface area (Å²) in [6.45, 7) is 4.27. The highest BCUT2D eigenvalue weighted by molar-refractivity contribution is 5.94. The number of nitrogens with one attached hydrogen (secondary N) is 1. The smallest absolute Gasteiger partial charge is 0.332 e. The van der Waals surface area contributed by atoms with E-state index < -0.39 is 11.2 Å². The van der Waals surface area contributed by atoms with Crippen LogP contribution < -0.4 is 22.3 Å². The number of anilines is 2. The monoisotopic (exact) mass is 435 g/mol. The molecule has 4 rings (SSSR count). The van der Waals surface area contributed by atoms with Crippen molar-refractivity contribution in [2.45, 2.75) is 26.9 Å². The summed E-state index contributed by atoms with van der Waals surface area (Å²) in [6.07, 6.45) is 1.38. The minimum atomic E-state index is -0.507. The van der Waals surface area contributed by atoms with Gasteiger partial charge in [0.2, 0.25) is 5.91 Å². The molecule has 10 heteroatoms. The molecule has 166 valence electrons. The molecular weight excluding hydrogens is 410 g/mol. The van der Waals surface area contributed by atoms with Crippen molar-refractivity contribution in [1.82, 2.24) is 23.3 Å². The van der Waals surface area contributed by atoms with Crippen LogP contribution in [0.1, 0.15) is 16.8 Å². The van der Waals surface area contributed by atoms with Gasteiger partial charge in [0.15, 0.2) is 11.2 Å². The number of fused-ring (bicyclic) bond motifs is 1. The van der Waals surface area contributed by atoms with Crippen molar-refractivity contribution in [2.75, 3.05) is 11.1 Å². The molecule has 1 aromatic carbocycles. The molecule has 3 heterocycles. The van der Waals surface area contributed by atoms with Gasteiger partial charge in [0.1, 0.15) is 12.4 Å². The maximum atomic E-state index is 12.9. The summed E-state index contributed by atoms with van der Waals surface area (Å²) in [5.74, 6) is 0.150. The quantitative estimate of drug-likeness (QED) is 0.487. The van der Waals surface area contributed by atoms with Crippen LogP contribution in [0.3, 0.4) is 0 Å². The number of carbonyl (C=O) groups is 1. The molecule has 1 amide bonds. The average molecular weight is 435 g/mol. The Hall–Kier alpha value is -4.08. The van der Waals surface area contributed by atoms with Crippen LogP contribution in [-0.2, 0) is 32.0 Å². The maximum absolute atomic E-state index is 12.9. The highest BCUT2D eigenvalue weighted by Gasteiger charge is 2.20. The Kier molecular flexibility index (Phi) is 5.21. The van der Waals surface area contributed by atoms with Gasteiger partial charge in [-0.1, -0.05) is 30.3 Å². The lowest BCUT2D eigenvalue weighted by atomic mass is 10.2. The molecule has 0 fully saturated rings. The summed E-state index contributed by atoms with van der Waals surface area (Å²) in [4.78, 5) is 41.8. The van der Waals surface area contributed by atoms with Crippen LogP contribution in [0.2, 0.25) is 0 Å². The molecule has 0 unspecified atom stereocenters. The van der Waals surface area contributed by atoms with E-state index in [-0.39, 0.29) is 23.6 Å². The Bertz CT molecular complexity index is 1460. The third-order valence-electron chi connectivity index (χ3n) is 5.85. The van der Waals surface area contributed by atoms with Gasteiger partial charge in [0.25, 0.3) is 5.56 Å². The molecule has 0 aliphatic heterocycles. The molecule has 0 aliphatic rings. The van der Waals surface area contributed by atoms with Crippen molar-refractivity contribution in [3.05, 3.63) is 74.3 Å². The third kappa shape index (κ3) is 3.39. The SMILES string of the molecule is Cc1c(N)c(NC(=O)Cn2cnc3c2c(=O)n(C)c(=O)n3C)n(Cc2ccccc2)c1C. The number of aryl methyl sites for hydroxylation is 1. The van der Waals surface area contributed by atoms with E-state index in [1.54, 1.807) is 0 Å². The fourth-order valence-corrected chi connectivity index (χ4v) is 3.83. The average Bonchev–Trinajstić information content (AvgIpc) is 3.28. The molecule has 10 nitrogen and oxygen atoms in total. The Balaban J connectivity index is 1.67. The number of benzene rings is 1. The normalized spacial score (nSPS) is 11.2. The molecule has 0 spiro atoms. The van der Waals surface area contributed by atoms with E-state index in [2.05, 4.69) is 10.3 Å². The van der Waals surface area contributed by atoms with Gasteiger partial charge in [-0.15, -0.1) is 0 Å². The van der Waals surface area contributed by atoms with Crippen molar-refractivity contribution in [3.8, 4) is 0 Å². The van der Waals surface area contributed by atoms with E-state index in [9.17, 15) is 14.4 Å². The highest BCUT2D eigenvalue weighted by atomic mass is 16.2. The van der Waals surface area contributed by atoms with Gasteiger partial charge in [-0.3, -0.25) is 18.7 Å². The largest absolute Gasteiger partial charge is 0.396 e. The first-order valence-corrected chi connectivity index (χ1v) is 10.1. The zero-order valence-corrected chi connectivity index (χ0v) is 18.4. The molecule has 3 N–H and O–H groups in total. The number of imidazole rings is 1. The summed E-state index contributed by atoms with van der Waals surface area (Å²) in [5.41, 5.74) is 9.16. The molecule has 4 aromatic rings. The summed E-state index contributed by atoms with van der Waals surface area (Å²) < 4.78 is 5.68. The van der Waals surface area contributed by atoms with E-state index in [0.29, 0.717) is 18.1 Å². The summed E-state index contributed by atoms with van der Waals surface area (Å²) in [6, 6.07) is 9.88. The number of rotatable bonds is 5. The van der Waals surface area contributed by atoms with Gasteiger partial charge in [0.05, 0.1) is 12.0 Å². The molecule has 0 saturated carbocycles. The zero-order valence-electron chi connectivity index (χ0n) is 18.4. The van der Waals surface area contributed by atoms with Gasteiger partial charge in [-0.2, -0.15) is 0 Å². The van der Waals surface area contributed by atoms with Crippen LogP contribution in [-0.4, -0.2) is 29.2 Å². The number of carbonyl (C=O) groups excluding carboxylic acids is 1. The van der Waals surface area contributed by atoms with Crippen molar-refractivity contribution in [2.24, 2.45) is 14.1 Å². The van der Waals surface area contributed by atoms with Crippen LogP contribution in [0.5, 0.6) is 0 Å². The van der Waals surface area contributed by atoms with Gasteiger partial charge < -0.3 is 20.2 Å². The van der Waals surface area contributed by atoms with Crippen molar-refractivity contribution in [3.63, 3.8) is 0 Å². The molecular formula is C22H25N7O3. The van der Waals surface area contributed by atoms with Crippen LogP contribution in [0.15, 0.2) is 46.2 Å². The molecule has 0 saturated heterocycles. The fraction of sp³-hybridized carbons (Fsp3) is 0.273. The Morgan fingerprint density at radius 1 is 1.09 bits per heavy atom. The Labute approximate surface area is 183 Å². The minimum absolute atomic E-state index is 0.155. The predicted octanol–water partition coefficient (Wildman–Crippen LogP) is 1.12. The van der Waals surface area contributed by atoms with Gasteiger partial charge in [-0.05, 0) is 25.0 Å². The molecule has 0 bridgehead atoms. The first-order chi connectivity index (χ1) is 15.2. The van der Waals surface area contributed by atoms with E-state index in [1.807, 2.05) is 48.7 Å². The Morgan fingerprint density at radius 3 is 2.47 bits per heavy atom. The number of aromatic nitrogens is 5. The van der Waals surface area contributed by atoms with Crippen LogP contribution >= 0.6 is 0 Å². The third-order valence-corrected chi connectivity index (χ3v) is 5.85. The molecule has 32 heavy (non-hydrogen) atoms. The molecule has 0 radical (unpaired) electrons. The van der Waals surface area contributed by atoms with Gasteiger partial charge in [-0.25, -0.2) is 9.78 Å². The van der Waals surface area contributed by atoms with E-state index >= 15 is 0 Å². The van der Waals surface area contributed by atoms with Crippen LogP contribution in [0.25, 0.3) is 11.2 Å². The van der Waals surface area contributed by atoms with E-state index in [1.165, 1.54) is 29.6 Å². The standard InChI is InChI=1S/C22H25N7O3/c1-13-14(2)29(10-15-8-6-5-7-9-15)19(17(13)23)25-16(30)11-28-12-24-20-18(28)21(31)27(4)22(32)26(20)3/h5-9,12H,10-11,23H2,1-4H3,(H,25,30). The van der Waals surface area contributed by atoms with Crippen LogP contribution in [0.4, 0.5) is 11.5 Å².